The number of nitrogens with zero attached hydrogens (tertiary/aromatic N) is 1. The maximum absolute atomic E-state index is 4.91. The standard InChI is InChI=1S/C6H15NO3.C3H6/c1-4-8-7(9-5-2)10-6-3;1-2-3-1/h4-6H2,1-3H3;1-3H2. The first-order chi connectivity index (χ1) is 6.35. The Kier molecular flexibility index (Phi) is 9.80. The van der Waals surface area contributed by atoms with E-state index in [0.717, 1.165) is 5.39 Å². The molecule has 0 amide bonds. The van der Waals surface area contributed by atoms with Gasteiger partial charge in [0.05, 0.1) is 25.2 Å². The maximum Gasteiger partial charge on any atom is 0.0766 e. The van der Waals surface area contributed by atoms with Gasteiger partial charge < -0.3 is 0 Å². The van der Waals surface area contributed by atoms with E-state index >= 15 is 0 Å². The van der Waals surface area contributed by atoms with E-state index in [1.165, 1.54) is 19.3 Å². The molecule has 4 heteroatoms. The molecule has 0 aromatic rings. The Balaban J connectivity index is 0.000000396. The van der Waals surface area contributed by atoms with Crippen molar-refractivity contribution >= 4 is 0 Å². The van der Waals surface area contributed by atoms with Crippen LogP contribution in [0.15, 0.2) is 0 Å². The van der Waals surface area contributed by atoms with Crippen LogP contribution in [0.1, 0.15) is 40.0 Å². The van der Waals surface area contributed by atoms with Gasteiger partial charge in [0.2, 0.25) is 0 Å². The van der Waals surface area contributed by atoms with Crippen LogP contribution in [0.2, 0.25) is 0 Å². The third kappa shape index (κ3) is 11.8. The second kappa shape index (κ2) is 9.92. The Morgan fingerprint density at radius 1 is 0.769 bits per heavy atom. The second-order valence-electron chi connectivity index (χ2n) is 2.54. The van der Waals surface area contributed by atoms with Gasteiger partial charge in [0.1, 0.15) is 0 Å². The molecule has 1 aliphatic carbocycles. The lowest BCUT2D eigenvalue weighted by Crippen LogP contribution is -2.24. The molecule has 0 atom stereocenters. The van der Waals surface area contributed by atoms with E-state index in [1.807, 2.05) is 20.8 Å². The van der Waals surface area contributed by atoms with Gasteiger partial charge in [-0.25, -0.2) is 0 Å². The summed E-state index contributed by atoms with van der Waals surface area (Å²) in [5.41, 5.74) is 0. The molecule has 0 aromatic carbocycles. The maximum atomic E-state index is 4.91. The zero-order valence-corrected chi connectivity index (χ0v) is 8.91. The van der Waals surface area contributed by atoms with E-state index in [9.17, 15) is 0 Å². The van der Waals surface area contributed by atoms with Crippen LogP contribution in [-0.4, -0.2) is 25.2 Å². The minimum Gasteiger partial charge on any atom is -0.251 e. The van der Waals surface area contributed by atoms with E-state index < -0.39 is 0 Å². The predicted octanol–water partition coefficient (Wildman–Crippen LogP) is 2.31. The van der Waals surface area contributed by atoms with Crippen molar-refractivity contribution in [3.05, 3.63) is 0 Å². The molecule has 13 heavy (non-hydrogen) atoms. The summed E-state index contributed by atoms with van der Waals surface area (Å²) in [5, 5.41) is 1.04. The van der Waals surface area contributed by atoms with Gasteiger partial charge in [-0.3, -0.25) is 14.5 Å². The number of hydrogen-bond donors (Lipinski definition) is 0. The van der Waals surface area contributed by atoms with Crippen molar-refractivity contribution in [2.45, 2.75) is 40.0 Å². The summed E-state index contributed by atoms with van der Waals surface area (Å²) in [5.74, 6) is 0. The normalized spacial score (nSPS) is 13.8. The lowest BCUT2D eigenvalue weighted by Gasteiger charge is -2.16. The Morgan fingerprint density at radius 2 is 1.08 bits per heavy atom. The first-order valence-electron chi connectivity index (χ1n) is 5.04. The SMILES string of the molecule is C1CC1.CCON(OCC)OCC. The van der Waals surface area contributed by atoms with Crippen LogP contribution in [0.25, 0.3) is 0 Å². The van der Waals surface area contributed by atoms with Gasteiger partial charge in [-0.05, 0) is 20.8 Å². The first kappa shape index (κ1) is 12.8. The van der Waals surface area contributed by atoms with Crippen molar-refractivity contribution in [3.8, 4) is 0 Å². The van der Waals surface area contributed by atoms with Gasteiger partial charge in [-0.2, -0.15) is 0 Å². The van der Waals surface area contributed by atoms with Crippen LogP contribution in [0.4, 0.5) is 0 Å². The second-order valence-corrected chi connectivity index (χ2v) is 2.54. The van der Waals surface area contributed by atoms with Gasteiger partial charge in [0.25, 0.3) is 0 Å². The molecule has 0 aromatic heterocycles. The van der Waals surface area contributed by atoms with E-state index in [-0.39, 0.29) is 0 Å². The molecule has 0 saturated heterocycles. The lowest BCUT2D eigenvalue weighted by molar-refractivity contribution is -0.523. The molecular formula is C9H21NO3. The van der Waals surface area contributed by atoms with E-state index in [0.29, 0.717) is 19.8 Å². The Labute approximate surface area is 80.6 Å². The molecule has 0 bridgehead atoms. The molecule has 0 N–H and O–H groups in total. The van der Waals surface area contributed by atoms with Crippen LogP contribution in [-0.2, 0) is 14.5 Å². The highest BCUT2D eigenvalue weighted by atomic mass is 17.2. The summed E-state index contributed by atoms with van der Waals surface area (Å²) in [7, 11) is 0. The third-order valence-electron chi connectivity index (χ3n) is 1.06. The van der Waals surface area contributed by atoms with Crippen molar-refractivity contribution in [1.82, 2.24) is 5.39 Å². The molecule has 1 saturated carbocycles. The Hall–Kier alpha value is -0.160. The molecular weight excluding hydrogens is 170 g/mol. The third-order valence-corrected chi connectivity index (χ3v) is 1.06. The quantitative estimate of drug-likeness (QED) is 0.603. The zero-order chi connectivity index (χ0) is 9.94. The summed E-state index contributed by atoms with van der Waals surface area (Å²) in [4.78, 5) is 14.7. The molecule has 4 nitrogen and oxygen atoms in total. The van der Waals surface area contributed by atoms with Crippen LogP contribution in [0, 0.1) is 0 Å². The van der Waals surface area contributed by atoms with Gasteiger partial charge >= 0.3 is 0 Å². The summed E-state index contributed by atoms with van der Waals surface area (Å²) in [6.07, 6.45) is 4.50. The smallest absolute Gasteiger partial charge is 0.0766 e. The van der Waals surface area contributed by atoms with Crippen molar-refractivity contribution in [2.24, 2.45) is 0 Å². The van der Waals surface area contributed by atoms with Crippen LogP contribution in [0.3, 0.4) is 0 Å². The van der Waals surface area contributed by atoms with Gasteiger partial charge in [0, 0.05) is 0 Å². The average Bonchev–Trinajstić information content (AvgIpc) is 2.91. The topological polar surface area (TPSA) is 30.9 Å². The zero-order valence-electron chi connectivity index (χ0n) is 8.91. The van der Waals surface area contributed by atoms with Crippen LogP contribution >= 0.6 is 0 Å². The summed E-state index contributed by atoms with van der Waals surface area (Å²) >= 11 is 0. The fraction of sp³-hybridized carbons (Fsp3) is 1.00. The average molecular weight is 191 g/mol. The highest BCUT2D eigenvalue weighted by Gasteiger charge is 2.01. The van der Waals surface area contributed by atoms with E-state index in [2.05, 4.69) is 0 Å². The predicted molar refractivity (Wildman–Crippen MR) is 50.6 cm³/mol. The Morgan fingerprint density at radius 3 is 1.23 bits per heavy atom. The number of hydrogen-bond acceptors (Lipinski definition) is 4. The fourth-order valence-corrected chi connectivity index (χ4v) is 0.428. The largest absolute Gasteiger partial charge is 0.251 e. The monoisotopic (exact) mass is 191 g/mol. The number of rotatable bonds is 6. The summed E-state index contributed by atoms with van der Waals surface area (Å²) in [6, 6.07) is 0. The molecule has 0 radical (unpaired) electrons. The first-order valence-corrected chi connectivity index (χ1v) is 5.04. The lowest BCUT2D eigenvalue weighted by atomic mass is 10.9. The summed E-state index contributed by atoms with van der Waals surface area (Å²) < 4.78 is 0. The molecule has 1 fully saturated rings. The fourth-order valence-electron chi connectivity index (χ4n) is 0.428. The molecule has 1 rings (SSSR count). The minimum atomic E-state index is 0.542. The molecule has 80 valence electrons. The highest BCUT2D eigenvalue weighted by molar-refractivity contribution is 4.50. The van der Waals surface area contributed by atoms with Gasteiger partial charge in [-0.1, -0.05) is 19.3 Å². The van der Waals surface area contributed by atoms with Crippen LogP contribution in [0.5, 0.6) is 0 Å². The summed E-state index contributed by atoms with van der Waals surface area (Å²) in [6.45, 7) is 7.22. The molecule has 1 aliphatic rings. The van der Waals surface area contributed by atoms with Crippen molar-refractivity contribution in [3.63, 3.8) is 0 Å². The highest BCUT2D eigenvalue weighted by Crippen LogP contribution is 2.14. The molecule has 0 unspecified atom stereocenters. The Bertz CT molecular complexity index is 81.8. The van der Waals surface area contributed by atoms with E-state index in [1.54, 1.807) is 0 Å². The van der Waals surface area contributed by atoms with Crippen LogP contribution < -0.4 is 0 Å². The van der Waals surface area contributed by atoms with Crippen molar-refractivity contribution < 1.29 is 14.5 Å². The molecule has 0 heterocycles. The molecule has 0 spiro atoms. The minimum absolute atomic E-state index is 0.542. The van der Waals surface area contributed by atoms with E-state index in [4.69, 9.17) is 14.5 Å². The molecule has 0 aliphatic heterocycles. The van der Waals surface area contributed by atoms with Crippen molar-refractivity contribution in [2.75, 3.05) is 19.8 Å². The van der Waals surface area contributed by atoms with Gasteiger partial charge in [0.15, 0.2) is 0 Å². The van der Waals surface area contributed by atoms with Gasteiger partial charge in [-0.15, -0.1) is 0 Å². The van der Waals surface area contributed by atoms with Crippen molar-refractivity contribution in [1.29, 1.82) is 0 Å².